The summed E-state index contributed by atoms with van der Waals surface area (Å²) >= 11 is 0. The van der Waals surface area contributed by atoms with Crippen LogP contribution in [-0.2, 0) is 6.54 Å². The van der Waals surface area contributed by atoms with E-state index in [0.717, 1.165) is 43.0 Å². The number of nitrogens with one attached hydrogen (secondary N) is 1. The van der Waals surface area contributed by atoms with Gasteiger partial charge in [-0.15, -0.1) is 0 Å². The number of nitriles is 1. The molecule has 1 fully saturated rings. The maximum Gasteiger partial charge on any atom is 0.193 e. The predicted molar refractivity (Wildman–Crippen MR) is 90.5 cm³/mol. The van der Waals surface area contributed by atoms with Crippen LogP contribution in [0, 0.1) is 23.2 Å². The first-order valence-corrected chi connectivity index (χ1v) is 8.07. The molecule has 22 heavy (non-hydrogen) atoms. The van der Waals surface area contributed by atoms with Crippen LogP contribution in [0.3, 0.4) is 0 Å². The van der Waals surface area contributed by atoms with Crippen molar-refractivity contribution in [3.8, 4) is 6.07 Å². The molecule has 0 aliphatic carbocycles. The third-order valence-electron chi connectivity index (χ3n) is 4.14. The van der Waals surface area contributed by atoms with Crippen molar-refractivity contribution in [3.63, 3.8) is 0 Å². The zero-order valence-corrected chi connectivity index (χ0v) is 13.8. The van der Waals surface area contributed by atoms with Crippen molar-refractivity contribution < 1.29 is 0 Å². The molecule has 0 bridgehead atoms. The van der Waals surface area contributed by atoms with Gasteiger partial charge < -0.3 is 10.2 Å². The molecule has 1 heterocycles. The molecule has 118 valence electrons. The smallest absolute Gasteiger partial charge is 0.193 e. The number of hydrogen-bond donors (Lipinski definition) is 1. The molecule has 1 aliphatic heterocycles. The number of nitrogens with zero attached hydrogens (tertiary/aromatic N) is 3. The summed E-state index contributed by atoms with van der Waals surface area (Å²) in [6.07, 6.45) is 2.55. The standard InChI is InChI=1S/C18H26N4/c1-14(2)10-17-8-9-22(13-17)18(20-3)21-12-16-6-4-15(11-19)5-7-16/h4-7,14,17H,8-10,12-13H2,1-3H3,(H,20,21). The van der Waals surface area contributed by atoms with E-state index in [4.69, 9.17) is 5.26 Å². The van der Waals surface area contributed by atoms with Crippen LogP contribution in [0.15, 0.2) is 29.3 Å². The highest BCUT2D eigenvalue weighted by Gasteiger charge is 2.25. The number of hydrogen-bond acceptors (Lipinski definition) is 2. The lowest BCUT2D eigenvalue weighted by Gasteiger charge is -2.22. The Bertz CT molecular complexity index is 539. The Morgan fingerprint density at radius 2 is 2.14 bits per heavy atom. The predicted octanol–water partition coefficient (Wildman–Crippen LogP) is 3.00. The van der Waals surface area contributed by atoms with Gasteiger partial charge in [-0.25, -0.2) is 0 Å². The van der Waals surface area contributed by atoms with Crippen LogP contribution in [0.1, 0.15) is 37.8 Å². The van der Waals surface area contributed by atoms with Gasteiger partial charge in [-0.1, -0.05) is 26.0 Å². The van der Waals surface area contributed by atoms with Crippen molar-refractivity contribution in [3.05, 3.63) is 35.4 Å². The van der Waals surface area contributed by atoms with E-state index >= 15 is 0 Å². The average Bonchev–Trinajstić information content (AvgIpc) is 2.96. The summed E-state index contributed by atoms with van der Waals surface area (Å²) in [6.45, 7) is 7.51. The van der Waals surface area contributed by atoms with Crippen molar-refractivity contribution in [2.45, 2.75) is 33.2 Å². The number of aliphatic imine (C=N–C) groups is 1. The van der Waals surface area contributed by atoms with E-state index in [9.17, 15) is 0 Å². The summed E-state index contributed by atoms with van der Waals surface area (Å²) in [5, 5.41) is 12.3. The molecule has 1 aromatic carbocycles. The molecule has 2 rings (SSSR count). The fourth-order valence-corrected chi connectivity index (χ4v) is 3.09. The molecule has 1 aliphatic rings. The minimum atomic E-state index is 0.698. The van der Waals surface area contributed by atoms with Crippen molar-refractivity contribution in [2.24, 2.45) is 16.8 Å². The zero-order chi connectivity index (χ0) is 15.9. The van der Waals surface area contributed by atoms with Gasteiger partial charge in [-0.2, -0.15) is 5.26 Å². The number of benzene rings is 1. The van der Waals surface area contributed by atoms with Gasteiger partial charge in [0.2, 0.25) is 0 Å². The molecule has 1 atom stereocenters. The molecular formula is C18H26N4. The number of likely N-dealkylation sites (tertiary alicyclic amines) is 1. The molecule has 1 N–H and O–H groups in total. The Hall–Kier alpha value is -2.02. The van der Waals surface area contributed by atoms with Crippen LogP contribution >= 0.6 is 0 Å². The maximum absolute atomic E-state index is 8.82. The zero-order valence-electron chi connectivity index (χ0n) is 13.8. The summed E-state index contributed by atoms with van der Waals surface area (Å²) < 4.78 is 0. The minimum Gasteiger partial charge on any atom is -0.352 e. The van der Waals surface area contributed by atoms with E-state index in [1.165, 1.54) is 12.8 Å². The molecule has 1 unspecified atom stereocenters. The van der Waals surface area contributed by atoms with Gasteiger partial charge in [0, 0.05) is 26.7 Å². The van der Waals surface area contributed by atoms with Gasteiger partial charge in [-0.3, -0.25) is 4.99 Å². The highest BCUT2D eigenvalue weighted by atomic mass is 15.3. The molecule has 4 nitrogen and oxygen atoms in total. The van der Waals surface area contributed by atoms with Crippen LogP contribution in [0.25, 0.3) is 0 Å². The van der Waals surface area contributed by atoms with Gasteiger partial charge in [0.15, 0.2) is 5.96 Å². The molecule has 1 aromatic rings. The summed E-state index contributed by atoms with van der Waals surface area (Å²) in [7, 11) is 1.84. The van der Waals surface area contributed by atoms with Crippen molar-refractivity contribution >= 4 is 5.96 Å². The summed E-state index contributed by atoms with van der Waals surface area (Å²) in [5.74, 6) is 2.53. The molecule has 0 spiro atoms. The highest BCUT2D eigenvalue weighted by Crippen LogP contribution is 2.23. The molecule has 4 heteroatoms. The molecule has 0 aromatic heterocycles. The molecular weight excluding hydrogens is 272 g/mol. The Balaban J connectivity index is 1.86. The maximum atomic E-state index is 8.82. The topological polar surface area (TPSA) is 51.4 Å². The Kier molecular flexibility index (Phi) is 5.83. The third-order valence-corrected chi connectivity index (χ3v) is 4.14. The Morgan fingerprint density at radius 1 is 1.41 bits per heavy atom. The third kappa shape index (κ3) is 4.49. The van der Waals surface area contributed by atoms with Crippen LogP contribution in [0.4, 0.5) is 0 Å². The first-order chi connectivity index (χ1) is 10.6. The van der Waals surface area contributed by atoms with Crippen molar-refractivity contribution in [1.29, 1.82) is 5.26 Å². The fourth-order valence-electron chi connectivity index (χ4n) is 3.09. The van der Waals surface area contributed by atoms with Crippen molar-refractivity contribution in [1.82, 2.24) is 10.2 Å². The molecule has 0 radical (unpaired) electrons. The number of rotatable bonds is 4. The van der Waals surface area contributed by atoms with E-state index in [0.29, 0.717) is 5.56 Å². The van der Waals surface area contributed by atoms with E-state index in [1.807, 2.05) is 31.3 Å². The van der Waals surface area contributed by atoms with Gasteiger partial charge in [0.05, 0.1) is 11.6 Å². The van der Waals surface area contributed by atoms with Crippen LogP contribution in [0.5, 0.6) is 0 Å². The normalized spacial score (nSPS) is 18.6. The quantitative estimate of drug-likeness (QED) is 0.687. The van der Waals surface area contributed by atoms with E-state index in [1.54, 1.807) is 0 Å². The van der Waals surface area contributed by atoms with Gasteiger partial charge in [0.25, 0.3) is 0 Å². The average molecular weight is 298 g/mol. The van der Waals surface area contributed by atoms with Gasteiger partial charge in [-0.05, 0) is 42.4 Å². The van der Waals surface area contributed by atoms with E-state index in [-0.39, 0.29) is 0 Å². The molecule has 0 amide bonds. The minimum absolute atomic E-state index is 0.698. The second-order valence-corrected chi connectivity index (χ2v) is 6.44. The van der Waals surface area contributed by atoms with Crippen molar-refractivity contribution in [2.75, 3.05) is 20.1 Å². The lowest BCUT2D eigenvalue weighted by molar-refractivity contribution is 0.403. The molecule has 0 saturated carbocycles. The number of guanidine groups is 1. The van der Waals surface area contributed by atoms with Crippen LogP contribution in [-0.4, -0.2) is 31.0 Å². The molecule has 1 saturated heterocycles. The SMILES string of the molecule is CN=C(NCc1ccc(C#N)cc1)N1CCC(CC(C)C)C1. The largest absolute Gasteiger partial charge is 0.352 e. The van der Waals surface area contributed by atoms with E-state index in [2.05, 4.69) is 35.1 Å². The summed E-state index contributed by atoms with van der Waals surface area (Å²) in [4.78, 5) is 6.77. The Morgan fingerprint density at radius 3 is 2.73 bits per heavy atom. The summed E-state index contributed by atoms with van der Waals surface area (Å²) in [6, 6.07) is 9.83. The lowest BCUT2D eigenvalue weighted by atomic mass is 9.97. The van der Waals surface area contributed by atoms with Crippen LogP contribution in [0.2, 0.25) is 0 Å². The van der Waals surface area contributed by atoms with Gasteiger partial charge >= 0.3 is 0 Å². The Labute approximate surface area is 133 Å². The van der Waals surface area contributed by atoms with E-state index < -0.39 is 0 Å². The first kappa shape index (κ1) is 16.4. The lowest BCUT2D eigenvalue weighted by Crippen LogP contribution is -2.39. The van der Waals surface area contributed by atoms with Gasteiger partial charge in [0.1, 0.15) is 0 Å². The first-order valence-electron chi connectivity index (χ1n) is 8.07. The second kappa shape index (κ2) is 7.84. The second-order valence-electron chi connectivity index (χ2n) is 6.44. The van der Waals surface area contributed by atoms with Crippen LogP contribution < -0.4 is 5.32 Å². The monoisotopic (exact) mass is 298 g/mol. The summed E-state index contributed by atoms with van der Waals surface area (Å²) in [5.41, 5.74) is 1.86. The fraction of sp³-hybridized carbons (Fsp3) is 0.556. The highest BCUT2D eigenvalue weighted by molar-refractivity contribution is 5.80.